The van der Waals surface area contributed by atoms with Crippen LogP contribution in [0.25, 0.3) is 0 Å². The van der Waals surface area contributed by atoms with Crippen LogP contribution < -0.4 is 9.64 Å². The molecule has 1 aliphatic heterocycles. The number of anilines is 1. The highest BCUT2D eigenvalue weighted by Gasteiger charge is 2.36. The van der Waals surface area contributed by atoms with E-state index in [2.05, 4.69) is 5.10 Å². The quantitative estimate of drug-likeness (QED) is 0.666. The first kappa shape index (κ1) is 17.0. The maximum Gasteiger partial charge on any atom is 0.266 e. The van der Waals surface area contributed by atoms with Crippen molar-refractivity contribution in [1.82, 2.24) is 9.78 Å². The van der Waals surface area contributed by atoms with Crippen molar-refractivity contribution in [3.8, 4) is 5.75 Å². The minimum absolute atomic E-state index is 0.0404. The summed E-state index contributed by atoms with van der Waals surface area (Å²) in [6, 6.07) is 10.6. The molecule has 0 fully saturated rings. The summed E-state index contributed by atoms with van der Waals surface area (Å²) in [6.45, 7) is 2.07. The van der Waals surface area contributed by atoms with Gasteiger partial charge in [0.1, 0.15) is 6.61 Å². The molecule has 0 radical (unpaired) electrons. The number of halogens is 1. The van der Waals surface area contributed by atoms with E-state index in [0.29, 0.717) is 11.1 Å². The minimum atomic E-state index is -0.648. The van der Waals surface area contributed by atoms with E-state index >= 15 is 0 Å². The van der Waals surface area contributed by atoms with Gasteiger partial charge in [0, 0.05) is 24.4 Å². The van der Waals surface area contributed by atoms with Crippen LogP contribution in [0.2, 0.25) is 0 Å². The van der Waals surface area contributed by atoms with Crippen molar-refractivity contribution >= 4 is 17.5 Å². The Balaban J connectivity index is 1.57. The third kappa shape index (κ3) is 2.77. The molecule has 0 atom stereocenters. The summed E-state index contributed by atoms with van der Waals surface area (Å²) in [5, 5.41) is 4.11. The van der Waals surface area contributed by atoms with Gasteiger partial charge in [0.25, 0.3) is 11.8 Å². The number of hydrogen-bond donors (Lipinski definition) is 0. The molecule has 2 heterocycles. The van der Waals surface area contributed by atoms with Gasteiger partial charge in [0.15, 0.2) is 11.6 Å². The highest BCUT2D eigenvalue weighted by molar-refractivity contribution is 6.34. The number of rotatable bonds is 4. The van der Waals surface area contributed by atoms with Gasteiger partial charge in [-0.1, -0.05) is 12.1 Å². The predicted molar refractivity (Wildman–Crippen MR) is 96.3 cm³/mol. The van der Waals surface area contributed by atoms with Crippen molar-refractivity contribution in [1.29, 1.82) is 0 Å². The Morgan fingerprint density at radius 1 is 1.07 bits per heavy atom. The molecule has 0 bridgehead atoms. The van der Waals surface area contributed by atoms with Crippen LogP contribution in [-0.2, 0) is 13.7 Å². The third-order valence-corrected chi connectivity index (χ3v) is 4.69. The standard InChI is InChI=1S/C20H16FN3O3/c1-12-13(10-22-23(12)2)11-27-18-8-7-14(9-17(18)21)24-19(25)15-5-3-4-6-16(15)20(24)26/h3-10H,11H2,1-2H3. The normalized spacial score (nSPS) is 13.2. The van der Waals surface area contributed by atoms with E-state index in [4.69, 9.17) is 4.74 Å². The van der Waals surface area contributed by atoms with Gasteiger partial charge < -0.3 is 4.74 Å². The first-order chi connectivity index (χ1) is 13.0. The maximum atomic E-state index is 14.5. The van der Waals surface area contributed by atoms with E-state index in [1.54, 1.807) is 35.1 Å². The molecule has 3 aromatic rings. The fraction of sp³-hybridized carbons (Fsp3) is 0.150. The minimum Gasteiger partial charge on any atom is -0.486 e. The zero-order valence-corrected chi connectivity index (χ0v) is 14.8. The van der Waals surface area contributed by atoms with Crippen LogP contribution in [0.5, 0.6) is 5.75 Å². The summed E-state index contributed by atoms with van der Waals surface area (Å²) < 4.78 is 21.7. The first-order valence-electron chi connectivity index (χ1n) is 8.35. The average molecular weight is 365 g/mol. The van der Waals surface area contributed by atoms with Gasteiger partial charge in [0.05, 0.1) is 23.0 Å². The van der Waals surface area contributed by atoms with Gasteiger partial charge >= 0.3 is 0 Å². The second-order valence-corrected chi connectivity index (χ2v) is 6.27. The Kier molecular flexibility index (Phi) is 3.99. The lowest BCUT2D eigenvalue weighted by Gasteiger charge is -2.15. The van der Waals surface area contributed by atoms with Crippen LogP contribution in [0.4, 0.5) is 10.1 Å². The molecular formula is C20H16FN3O3. The van der Waals surface area contributed by atoms with Crippen LogP contribution in [0.3, 0.4) is 0 Å². The number of amides is 2. The molecule has 2 amide bonds. The second kappa shape index (κ2) is 6.35. The summed E-state index contributed by atoms with van der Waals surface area (Å²) in [4.78, 5) is 26.0. The molecule has 1 aromatic heterocycles. The lowest BCUT2D eigenvalue weighted by molar-refractivity contribution is 0.0926. The molecule has 0 saturated heterocycles. The monoisotopic (exact) mass is 365 g/mol. The van der Waals surface area contributed by atoms with E-state index in [1.807, 2.05) is 14.0 Å². The number of nitrogens with zero attached hydrogens (tertiary/aromatic N) is 3. The van der Waals surface area contributed by atoms with Crippen molar-refractivity contribution in [2.24, 2.45) is 7.05 Å². The van der Waals surface area contributed by atoms with Crippen molar-refractivity contribution in [2.45, 2.75) is 13.5 Å². The molecule has 0 spiro atoms. The van der Waals surface area contributed by atoms with E-state index in [1.165, 1.54) is 12.1 Å². The Bertz CT molecular complexity index is 1040. The molecule has 27 heavy (non-hydrogen) atoms. The van der Waals surface area contributed by atoms with Crippen LogP contribution >= 0.6 is 0 Å². The van der Waals surface area contributed by atoms with Crippen LogP contribution in [0.1, 0.15) is 32.0 Å². The lowest BCUT2D eigenvalue weighted by atomic mass is 10.1. The van der Waals surface area contributed by atoms with Gasteiger partial charge in [-0.3, -0.25) is 14.3 Å². The topological polar surface area (TPSA) is 64.4 Å². The number of hydrogen-bond acceptors (Lipinski definition) is 4. The number of carbonyl (C=O) groups is 2. The fourth-order valence-corrected chi connectivity index (χ4v) is 3.01. The number of aromatic nitrogens is 2. The number of carbonyl (C=O) groups excluding carboxylic acids is 2. The van der Waals surface area contributed by atoms with Gasteiger partial charge in [-0.2, -0.15) is 5.10 Å². The second-order valence-electron chi connectivity index (χ2n) is 6.27. The Labute approximate surface area is 154 Å². The van der Waals surface area contributed by atoms with Crippen molar-refractivity contribution < 1.29 is 18.7 Å². The van der Waals surface area contributed by atoms with E-state index < -0.39 is 17.6 Å². The smallest absolute Gasteiger partial charge is 0.266 e. The molecule has 0 unspecified atom stereocenters. The first-order valence-corrected chi connectivity index (χ1v) is 8.35. The molecule has 4 rings (SSSR count). The van der Waals surface area contributed by atoms with Gasteiger partial charge in [-0.05, 0) is 31.2 Å². The molecule has 6 nitrogen and oxygen atoms in total. The van der Waals surface area contributed by atoms with E-state index in [-0.39, 0.29) is 18.0 Å². The number of benzene rings is 2. The number of imide groups is 1. The molecule has 1 aliphatic rings. The van der Waals surface area contributed by atoms with E-state index in [9.17, 15) is 14.0 Å². The third-order valence-electron chi connectivity index (χ3n) is 4.69. The largest absolute Gasteiger partial charge is 0.486 e. The number of aryl methyl sites for hydroxylation is 1. The van der Waals surface area contributed by atoms with Crippen molar-refractivity contribution in [3.05, 3.63) is 76.9 Å². The number of ether oxygens (including phenoxy) is 1. The highest BCUT2D eigenvalue weighted by atomic mass is 19.1. The molecule has 0 saturated carbocycles. The zero-order valence-electron chi connectivity index (χ0n) is 14.8. The maximum absolute atomic E-state index is 14.5. The summed E-state index contributed by atoms with van der Waals surface area (Å²) >= 11 is 0. The summed E-state index contributed by atoms with van der Waals surface area (Å²) in [5.41, 5.74) is 2.58. The fourth-order valence-electron chi connectivity index (χ4n) is 3.01. The van der Waals surface area contributed by atoms with Gasteiger partial charge in [0.2, 0.25) is 0 Å². The summed E-state index contributed by atoms with van der Waals surface area (Å²) in [5.74, 6) is -1.53. The van der Waals surface area contributed by atoms with Gasteiger partial charge in [-0.15, -0.1) is 0 Å². The van der Waals surface area contributed by atoms with Crippen LogP contribution in [0, 0.1) is 12.7 Å². The van der Waals surface area contributed by atoms with Gasteiger partial charge in [-0.25, -0.2) is 9.29 Å². The number of fused-ring (bicyclic) bond motifs is 1. The average Bonchev–Trinajstić information content (AvgIpc) is 3.12. The molecule has 136 valence electrons. The lowest BCUT2D eigenvalue weighted by Crippen LogP contribution is -2.29. The SMILES string of the molecule is Cc1c(COc2ccc(N3C(=O)c4ccccc4C3=O)cc2F)cnn1C. The van der Waals surface area contributed by atoms with Crippen molar-refractivity contribution in [3.63, 3.8) is 0 Å². The zero-order chi connectivity index (χ0) is 19.1. The Hall–Kier alpha value is -3.48. The predicted octanol–water partition coefficient (Wildman–Crippen LogP) is 3.25. The summed E-state index contributed by atoms with van der Waals surface area (Å²) in [6.07, 6.45) is 1.67. The molecular weight excluding hydrogens is 349 g/mol. The van der Waals surface area contributed by atoms with E-state index in [0.717, 1.165) is 22.2 Å². The Morgan fingerprint density at radius 2 is 1.74 bits per heavy atom. The Morgan fingerprint density at radius 3 is 2.30 bits per heavy atom. The summed E-state index contributed by atoms with van der Waals surface area (Å²) in [7, 11) is 1.82. The van der Waals surface area contributed by atoms with Crippen LogP contribution in [-0.4, -0.2) is 21.6 Å². The van der Waals surface area contributed by atoms with Crippen LogP contribution in [0.15, 0.2) is 48.7 Å². The molecule has 0 N–H and O–H groups in total. The molecule has 2 aromatic carbocycles. The highest BCUT2D eigenvalue weighted by Crippen LogP contribution is 2.31. The molecule has 0 aliphatic carbocycles. The molecule has 7 heteroatoms. The van der Waals surface area contributed by atoms with Crippen molar-refractivity contribution in [2.75, 3.05) is 4.90 Å².